The van der Waals surface area contributed by atoms with E-state index in [0.717, 1.165) is 19.5 Å². The van der Waals surface area contributed by atoms with Crippen molar-refractivity contribution in [2.75, 3.05) is 13.1 Å². The van der Waals surface area contributed by atoms with Crippen LogP contribution in [-0.4, -0.2) is 31.7 Å². The highest BCUT2D eigenvalue weighted by atomic mass is 16.2. The van der Waals surface area contributed by atoms with Crippen LogP contribution in [0.3, 0.4) is 0 Å². The van der Waals surface area contributed by atoms with Gasteiger partial charge in [-0.1, -0.05) is 12.8 Å². The molecular formula is C9H14BNO. The van der Waals surface area contributed by atoms with Crippen molar-refractivity contribution in [3.8, 4) is 0 Å². The Morgan fingerprint density at radius 1 is 1.67 bits per heavy atom. The van der Waals surface area contributed by atoms with Gasteiger partial charge in [-0.2, -0.15) is 0 Å². The number of fused-ring (bicyclic) bond motifs is 1. The van der Waals surface area contributed by atoms with Gasteiger partial charge in [-0.05, 0) is 17.7 Å². The summed E-state index contributed by atoms with van der Waals surface area (Å²) in [6.07, 6.45) is 3.55. The summed E-state index contributed by atoms with van der Waals surface area (Å²) in [5.74, 6) is 0.746. The Hall–Kier alpha value is -0.465. The summed E-state index contributed by atoms with van der Waals surface area (Å²) in [5.41, 5.74) is 0. The summed E-state index contributed by atoms with van der Waals surface area (Å²) in [7, 11) is 6.20. The molecule has 0 N–H and O–H groups in total. The molecular weight excluding hydrogens is 149 g/mol. The molecule has 1 aliphatic heterocycles. The number of hydrogen-bond donors (Lipinski definition) is 0. The second-order valence-corrected chi connectivity index (χ2v) is 4.22. The van der Waals surface area contributed by atoms with E-state index in [9.17, 15) is 4.79 Å². The molecule has 0 aromatic rings. The molecule has 1 saturated carbocycles. The average Bonchev–Trinajstić information content (AvgIpc) is 2.41. The minimum absolute atomic E-state index is 0.0360. The van der Waals surface area contributed by atoms with Gasteiger partial charge in [0, 0.05) is 20.0 Å². The van der Waals surface area contributed by atoms with Crippen LogP contribution in [0, 0.1) is 5.92 Å². The Balaban J connectivity index is 2.11. The number of rotatable bonds is 0. The van der Waals surface area contributed by atoms with Crippen LogP contribution < -0.4 is 0 Å². The van der Waals surface area contributed by atoms with Crippen LogP contribution in [0.1, 0.15) is 26.2 Å². The van der Waals surface area contributed by atoms with Crippen LogP contribution >= 0.6 is 0 Å². The third-order valence-electron chi connectivity index (χ3n) is 3.38. The fourth-order valence-electron chi connectivity index (χ4n) is 2.58. The van der Waals surface area contributed by atoms with Crippen LogP contribution in [0.4, 0.5) is 0 Å². The van der Waals surface area contributed by atoms with E-state index in [1.165, 1.54) is 12.8 Å². The van der Waals surface area contributed by atoms with E-state index in [1.807, 2.05) is 4.90 Å². The van der Waals surface area contributed by atoms with Crippen molar-refractivity contribution < 1.29 is 4.79 Å². The lowest BCUT2D eigenvalue weighted by molar-refractivity contribution is -0.128. The number of likely N-dealkylation sites (tertiary alicyclic amines) is 1. The zero-order valence-electron chi connectivity index (χ0n) is 7.55. The second kappa shape index (κ2) is 2.51. The summed E-state index contributed by atoms with van der Waals surface area (Å²) in [6.45, 7) is 3.31. The summed E-state index contributed by atoms with van der Waals surface area (Å²) < 4.78 is 0. The lowest BCUT2D eigenvalue weighted by atomic mass is 9.64. The number of nitrogens with zero attached hydrogens (tertiary/aromatic N) is 1. The maximum atomic E-state index is 11.1. The highest BCUT2D eigenvalue weighted by molar-refractivity contribution is 6.16. The number of carbonyl (C=O) groups excluding carboxylic acids is 1. The Labute approximate surface area is 74.7 Å². The van der Waals surface area contributed by atoms with Crippen LogP contribution in [-0.2, 0) is 4.79 Å². The molecule has 2 atom stereocenters. The molecule has 1 heterocycles. The normalized spacial score (nSPS) is 40.1. The SMILES string of the molecule is [B][C@@]12CCC[C@@H]1CN(C(C)=O)C2. The molecule has 2 radical (unpaired) electrons. The highest BCUT2D eigenvalue weighted by Crippen LogP contribution is 2.51. The predicted octanol–water partition coefficient (Wildman–Crippen LogP) is 0.976. The predicted molar refractivity (Wildman–Crippen MR) is 48.0 cm³/mol. The van der Waals surface area contributed by atoms with E-state index in [4.69, 9.17) is 7.85 Å². The Kier molecular flexibility index (Phi) is 1.70. The third kappa shape index (κ3) is 1.07. The minimum atomic E-state index is -0.0360. The second-order valence-electron chi connectivity index (χ2n) is 4.22. The molecule has 2 rings (SSSR count). The van der Waals surface area contributed by atoms with Crippen molar-refractivity contribution >= 4 is 13.8 Å². The van der Waals surface area contributed by atoms with Crippen LogP contribution in [0.2, 0.25) is 5.31 Å². The van der Waals surface area contributed by atoms with Gasteiger partial charge in [-0.25, -0.2) is 0 Å². The zero-order chi connectivity index (χ0) is 8.77. The highest BCUT2D eigenvalue weighted by Gasteiger charge is 2.45. The molecule has 0 aromatic heterocycles. The minimum Gasteiger partial charge on any atom is -0.343 e. The monoisotopic (exact) mass is 163 g/mol. The average molecular weight is 163 g/mol. The Bertz CT molecular complexity index is 219. The number of amides is 1. The van der Waals surface area contributed by atoms with Crippen molar-refractivity contribution in [1.29, 1.82) is 0 Å². The van der Waals surface area contributed by atoms with E-state index >= 15 is 0 Å². The molecule has 12 heavy (non-hydrogen) atoms. The van der Waals surface area contributed by atoms with Gasteiger partial charge in [0.1, 0.15) is 0 Å². The van der Waals surface area contributed by atoms with Crippen molar-refractivity contribution in [2.45, 2.75) is 31.5 Å². The first-order valence-electron chi connectivity index (χ1n) is 4.66. The van der Waals surface area contributed by atoms with E-state index in [1.54, 1.807) is 6.92 Å². The molecule has 0 unspecified atom stereocenters. The van der Waals surface area contributed by atoms with Gasteiger partial charge >= 0.3 is 0 Å². The summed E-state index contributed by atoms with van der Waals surface area (Å²) in [4.78, 5) is 13.0. The molecule has 1 amide bonds. The van der Waals surface area contributed by atoms with Crippen molar-refractivity contribution in [3.63, 3.8) is 0 Å². The zero-order valence-corrected chi connectivity index (χ0v) is 7.55. The molecule has 3 heteroatoms. The fraction of sp³-hybridized carbons (Fsp3) is 0.889. The van der Waals surface area contributed by atoms with Gasteiger partial charge in [0.25, 0.3) is 0 Å². The molecule has 1 aliphatic carbocycles. The molecule has 0 aromatic carbocycles. The van der Waals surface area contributed by atoms with E-state index in [0.29, 0.717) is 5.92 Å². The van der Waals surface area contributed by atoms with Gasteiger partial charge in [-0.3, -0.25) is 4.79 Å². The van der Waals surface area contributed by atoms with Gasteiger partial charge < -0.3 is 4.90 Å². The number of carbonyl (C=O) groups is 1. The molecule has 0 bridgehead atoms. The maximum absolute atomic E-state index is 11.1. The quantitative estimate of drug-likeness (QED) is 0.487. The van der Waals surface area contributed by atoms with Crippen LogP contribution in [0.25, 0.3) is 0 Å². The first-order valence-corrected chi connectivity index (χ1v) is 4.66. The van der Waals surface area contributed by atoms with Gasteiger partial charge in [0.15, 0.2) is 0 Å². The number of hydrogen-bond acceptors (Lipinski definition) is 1. The van der Waals surface area contributed by atoms with Crippen molar-refractivity contribution in [1.82, 2.24) is 4.90 Å². The topological polar surface area (TPSA) is 20.3 Å². The Morgan fingerprint density at radius 3 is 3.00 bits per heavy atom. The molecule has 2 aliphatic rings. The van der Waals surface area contributed by atoms with Crippen molar-refractivity contribution in [3.05, 3.63) is 0 Å². The molecule has 2 nitrogen and oxygen atoms in total. The first kappa shape index (κ1) is 8.15. The van der Waals surface area contributed by atoms with Crippen LogP contribution in [0.5, 0.6) is 0 Å². The standard InChI is InChI=1S/C9H14BNO/c1-7(12)11-5-8-3-2-4-9(8,10)6-11/h8H,2-6H2,1H3/t8-,9-/m1/s1. The molecule has 0 spiro atoms. The smallest absolute Gasteiger partial charge is 0.219 e. The lowest BCUT2D eigenvalue weighted by Crippen LogP contribution is -2.27. The third-order valence-corrected chi connectivity index (χ3v) is 3.38. The summed E-state index contributed by atoms with van der Waals surface area (Å²) >= 11 is 0. The van der Waals surface area contributed by atoms with E-state index in [2.05, 4.69) is 0 Å². The first-order chi connectivity index (χ1) is 5.62. The Morgan fingerprint density at radius 2 is 2.42 bits per heavy atom. The lowest BCUT2D eigenvalue weighted by Gasteiger charge is -2.22. The van der Waals surface area contributed by atoms with Crippen LogP contribution in [0.15, 0.2) is 0 Å². The summed E-state index contributed by atoms with van der Waals surface area (Å²) in [5, 5.41) is -0.0360. The summed E-state index contributed by atoms with van der Waals surface area (Å²) in [6, 6.07) is 0. The largest absolute Gasteiger partial charge is 0.343 e. The van der Waals surface area contributed by atoms with E-state index < -0.39 is 0 Å². The molecule has 1 saturated heterocycles. The van der Waals surface area contributed by atoms with Gasteiger partial charge in [-0.15, -0.1) is 0 Å². The van der Waals surface area contributed by atoms with Crippen molar-refractivity contribution in [2.24, 2.45) is 5.92 Å². The van der Waals surface area contributed by atoms with Gasteiger partial charge in [0.2, 0.25) is 5.91 Å². The molecule has 2 fully saturated rings. The van der Waals surface area contributed by atoms with E-state index in [-0.39, 0.29) is 11.2 Å². The van der Waals surface area contributed by atoms with Gasteiger partial charge in [0.05, 0.1) is 7.85 Å². The maximum Gasteiger partial charge on any atom is 0.219 e. The molecule has 64 valence electrons. The fourth-order valence-corrected chi connectivity index (χ4v) is 2.58.